The Bertz CT molecular complexity index is 1040. The standard InChI is InChI=1S/C55H104O9/c1-3-5-7-9-11-13-15-17-19-21-23-24-25-27-29-31-33-35-37-39-41-43-45-61-47-49(48-62-55-54(60)53(59)52(58)50(46-56)64-55)63-51(57)44-42-40-38-36-34-32-30-28-26-22-20-18-16-14-12-10-8-6-4-2/h15,17,21,23,49-50,52-56,58-60H,3-14,16,18-20,22,24-48H2,1-2H3/b17-15-,23-21-. The van der Waals surface area contributed by atoms with E-state index in [1.54, 1.807) is 0 Å². The number of ether oxygens (including phenoxy) is 4. The van der Waals surface area contributed by atoms with Gasteiger partial charge in [0.25, 0.3) is 0 Å². The SMILES string of the molecule is CCCCCCC/C=C\C/C=C\CCCCCCCCCCCCOCC(COC1OC(CO)C(O)C(O)C1O)OC(=O)CCCCCCCCCCCCCCCCCCCCC. The molecule has 0 aromatic heterocycles. The summed E-state index contributed by atoms with van der Waals surface area (Å²) in [4.78, 5) is 12.9. The molecule has 1 rings (SSSR count). The first-order chi connectivity index (χ1) is 31.4. The van der Waals surface area contributed by atoms with Crippen molar-refractivity contribution in [2.24, 2.45) is 0 Å². The smallest absolute Gasteiger partial charge is 0.306 e. The lowest BCUT2D eigenvalue weighted by atomic mass is 9.99. The quantitative estimate of drug-likeness (QED) is 0.0267. The molecule has 9 heteroatoms. The molecule has 0 spiro atoms. The highest BCUT2D eigenvalue weighted by atomic mass is 16.7. The van der Waals surface area contributed by atoms with Crippen LogP contribution in [0.4, 0.5) is 0 Å². The third kappa shape index (κ3) is 36.7. The number of hydrogen-bond acceptors (Lipinski definition) is 9. The summed E-state index contributed by atoms with van der Waals surface area (Å²) < 4.78 is 22.9. The molecule has 6 atom stereocenters. The van der Waals surface area contributed by atoms with Crippen molar-refractivity contribution >= 4 is 5.97 Å². The Morgan fingerprint density at radius 3 is 1.34 bits per heavy atom. The molecule has 4 N–H and O–H groups in total. The average molecular weight is 909 g/mol. The summed E-state index contributed by atoms with van der Waals surface area (Å²) in [6.07, 6.45) is 49.3. The van der Waals surface area contributed by atoms with Gasteiger partial charge >= 0.3 is 5.97 Å². The zero-order valence-electron chi connectivity index (χ0n) is 41.8. The van der Waals surface area contributed by atoms with Gasteiger partial charge in [0.15, 0.2) is 6.29 Å². The van der Waals surface area contributed by atoms with E-state index in [1.165, 1.54) is 199 Å². The first kappa shape index (κ1) is 60.7. The average Bonchev–Trinajstić information content (AvgIpc) is 3.30. The molecule has 64 heavy (non-hydrogen) atoms. The van der Waals surface area contributed by atoms with Crippen LogP contribution >= 0.6 is 0 Å². The third-order valence-electron chi connectivity index (χ3n) is 12.9. The number of hydrogen-bond donors (Lipinski definition) is 4. The predicted molar refractivity (Wildman–Crippen MR) is 265 cm³/mol. The second-order valence-electron chi connectivity index (χ2n) is 19.0. The minimum Gasteiger partial charge on any atom is -0.457 e. The third-order valence-corrected chi connectivity index (χ3v) is 12.9. The van der Waals surface area contributed by atoms with Gasteiger partial charge < -0.3 is 39.4 Å². The molecule has 378 valence electrons. The van der Waals surface area contributed by atoms with Gasteiger partial charge in [-0.25, -0.2) is 0 Å². The minimum atomic E-state index is -1.53. The molecule has 1 fully saturated rings. The van der Waals surface area contributed by atoms with Gasteiger partial charge in [-0.1, -0.05) is 231 Å². The van der Waals surface area contributed by atoms with Crippen molar-refractivity contribution in [1.29, 1.82) is 0 Å². The number of aliphatic hydroxyl groups is 4. The molecule has 0 amide bonds. The molecule has 9 nitrogen and oxygen atoms in total. The van der Waals surface area contributed by atoms with Gasteiger partial charge in [-0.15, -0.1) is 0 Å². The summed E-state index contributed by atoms with van der Waals surface area (Å²) in [6.45, 7) is 4.60. The summed E-state index contributed by atoms with van der Waals surface area (Å²) in [5, 5.41) is 40.3. The molecule has 0 radical (unpaired) electrons. The maximum Gasteiger partial charge on any atom is 0.306 e. The van der Waals surface area contributed by atoms with Crippen molar-refractivity contribution in [3.8, 4) is 0 Å². The number of carbonyl (C=O) groups is 1. The Morgan fingerprint density at radius 2 is 0.906 bits per heavy atom. The molecule has 0 aliphatic carbocycles. The molecule has 0 bridgehead atoms. The highest BCUT2D eigenvalue weighted by Crippen LogP contribution is 2.23. The van der Waals surface area contributed by atoms with Crippen LogP contribution in [0, 0.1) is 0 Å². The van der Waals surface area contributed by atoms with E-state index >= 15 is 0 Å². The number of unbranched alkanes of at least 4 members (excludes halogenated alkanes) is 33. The Hall–Kier alpha value is -1.33. The van der Waals surface area contributed by atoms with Crippen LogP contribution in [-0.2, 0) is 23.7 Å². The highest BCUT2D eigenvalue weighted by molar-refractivity contribution is 5.69. The fraction of sp³-hybridized carbons (Fsp3) is 0.909. The number of carbonyl (C=O) groups excluding carboxylic acids is 1. The molecular formula is C55H104O9. The highest BCUT2D eigenvalue weighted by Gasteiger charge is 2.44. The normalized spacial score (nSPS) is 19.6. The van der Waals surface area contributed by atoms with Crippen LogP contribution in [-0.4, -0.2) is 89.6 Å². The van der Waals surface area contributed by atoms with Crippen LogP contribution in [0.25, 0.3) is 0 Å². The zero-order valence-corrected chi connectivity index (χ0v) is 41.8. The zero-order chi connectivity index (χ0) is 46.4. The molecule has 1 aliphatic rings. The van der Waals surface area contributed by atoms with Crippen LogP contribution in [0.1, 0.15) is 258 Å². The second kappa shape index (κ2) is 46.8. The molecule has 1 saturated heterocycles. The Balaban J connectivity index is 2.17. The molecule has 6 unspecified atom stereocenters. The molecule has 1 heterocycles. The van der Waals surface area contributed by atoms with E-state index in [0.29, 0.717) is 13.0 Å². The van der Waals surface area contributed by atoms with Gasteiger partial charge in [0.2, 0.25) is 0 Å². The lowest BCUT2D eigenvalue weighted by molar-refractivity contribution is -0.305. The molecule has 0 aromatic carbocycles. The summed E-state index contributed by atoms with van der Waals surface area (Å²) in [7, 11) is 0. The van der Waals surface area contributed by atoms with E-state index < -0.39 is 43.4 Å². The van der Waals surface area contributed by atoms with E-state index in [-0.39, 0.29) is 19.2 Å². The van der Waals surface area contributed by atoms with Gasteiger partial charge in [-0.3, -0.25) is 4.79 Å². The first-order valence-corrected chi connectivity index (χ1v) is 27.4. The fourth-order valence-electron chi connectivity index (χ4n) is 8.58. The summed E-state index contributed by atoms with van der Waals surface area (Å²) in [6, 6.07) is 0. The summed E-state index contributed by atoms with van der Waals surface area (Å²) in [5.41, 5.74) is 0. The second-order valence-corrected chi connectivity index (χ2v) is 19.0. The maximum absolute atomic E-state index is 12.9. The molecule has 1 aliphatic heterocycles. The van der Waals surface area contributed by atoms with Gasteiger partial charge in [0.1, 0.15) is 30.5 Å². The van der Waals surface area contributed by atoms with Gasteiger partial charge in [0.05, 0.1) is 19.8 Å². The van der Waals surface area contributed by atoms with E-state index in [9.17, 15) is 25.2 Å². The number of allylic oxidation sites excluding steroid dienone is 4. The van der Waals surface area contributed by atoms with Crippen LogP contribution in [0.15, 0.2) is 24.3 Å². The minimum absolute atomic E-state index is 0.110. The van der Waals surface area contributed by atoms with Crippen LogP contribution in [0.3, 0.4) is 0 Å². The van der Waals surface area contributed by atoms with Crippen molar-refractivity contribution < 1.29 is 44.2 Å². The summed E-state index contributed by atoms with van der Waals surface area (Å²) in [5.74, 6) is -0.309. The van der Waals surface area contributed by atoms with Gasteiger partial charge in [0, 0.05) is 13.0 Å². The molecule has 0 saturated carbocycles. The number of esters is 1. The van der Waals surface area contributed by atoms with Crippen LogP contribution in [0.5, 0.6) is 0 Å². The van der Waals surface area contributed by atoms with Crippen molar-refractivity contribution in [2.75, 3.05) is 26.4 Å². The van der Waals surface area contributed by atoms with Crippen LogP contribution in [0.2, 0.25) is 0 Å². The predicted octanol–water partition coefficient (Wildman–Crippen LogP) is 13.7. The van der Waals surface area contributed by atoms with Crippen molar-refractivity contribution in [2.45, 2.75) is 295 Å². The maximum atomic E-state index is 12.9. The van der Waals surface area contributed by atoms with E-state index in [1.807, 2.05) is 0 Å². The molecular weight excluding hydrogens is 805 g/mol. The van der Waals surface area contributed by atoms with Crippen molar-refractivity contribution in [1.82, 2.24) is 0 Å². The lowest BCUT2D eigenvalue weighted by Crippen LogP contribution is -2.59. The fourth-order valence-corrected chi connectivity index (χ4v) is 8.58. The first-order valence-electron chi connectivity index (χ1n) is 27.4. The molecule has 0 aromatic rings. The largest absolute Gasteiger partial charge is 0.457 e. The van der Waals surface area contributed by atoms with Gasteiger partial charge in [-0.05, 0) is 44.9 Å². The van der Waals surface area contributed by atoms with Gasteiger partial charge in [-0.2, -0.15) is 0 Å². The summed E-state index contributed by atoms with van der Waals surface area (Å²) >= 11 is 0. The Kier molecular flexibility index (Phi) is 44.3. The number of rotatable bonds is 48. The van der Waals surface area contributed by atoms with E-state index in [4.69, 9.17) is 18.9 Å². The Labute approximate surface area is 394 Å². The topological polar surface area (TPSA) is 135 Å². The number of aliphatic hydroxyl groups excluding tert-OH is 4. The van der Waals surface area contributed by atoms with E-state index in [0.717, 1.165) is 38.5 Å². The monoisotopic (exact) mass is 909 g/mol. The van der Waals surface area contributed by atoms with Crippen molar-refractivity contribution in [3.05, 3.63) is 24.3 Å². The van der Waals surface area contributed by atoms with E-state index in [2.05, 4.69) is 38.2 Å². The Morgan fingerprint density at radius 1 is 0.500 bits per heavy atom. The van der Waals surface area contributed by atoms with Crippen LogP contribution < -0.4 is 0 Å². The lowest BCUT2D eigenvalue weighted by Gasteiger charge is -2.39. The van der Waals surface area contributed by atoms with Crippen molar-refractivity contribution in [3.63, 3.8) is 0 Å².